The third-order valence-electron chi connectivity index (χ3n) is 4.36. The number of amides is 1. The van der Waals surface area contributed by atoms with E-state index in [0.29, 0.717) is 6.42 Å². The lowest BCUT2D eigenvalue weighted by atomic mass is 9.95. The number of likely N-dealkylation sites (N-methyl/N-ethyl adjacent to an activating group) is 1. The molecule has 7 heteroatoms. The Morgan fingerprint density at radius 1 is 1.42 bits per heavy atom. The van der Waals surface area contributed by atoms with Crippen molar-refractivity contribution in [1.82, 2.24) is 9.21 Å². The van der Waals surface area contributed by atoms with Crippen molar-refractivity contribution in [3.8, 4) is 6.07 Å². The Hall–Kier alpha value is -1.91. The second-order valence-corrected chi connectivity index (χ2v) is 8.39. The fourth-order valence-corrected chi connectivity index (χ4v) is 4.18. The van der Waals surface area contributed by atoms with Crippen LogP contribution in [0.3, 0.4) is 0 Å². The van der Waals surface area contributed by atoms with Crippen molar-refractivity contribution < 1.29 is 13.2 Å². The lowest BCUT2D eigenvalue weighted by Gasteiger charge is -2.36. The van der Waals surface area contributed by atoms with Crippen molar-refractivity contribution in [1.29, 1.82) is 5.26 Å². The smallest absolute Gasteiger partial charge is 0.241 e. The SMILES string of the molecule is CCS(=O)(=O)N1Cc2ccccc2C[C@H]1C(=O)N(C)C[C@H](C)C#N. The molecule has 0 N–H and O–H groups in total. The van der Waals surface area contributed by atoms with Crippen LogP contribution >= 0.6 is 0 Å². The fraction of sp³-hybridized carbons (Fsp3) is 0.529. The standard InChI is InChI=1S/C17H23N3O3S/c1-4-24(22,23)20-12-15-8-6-5-7-14(15)9-16(20)17(21)19(3)11-13(2)10-18/h5-8,13,16H,4,9,11-12H2,1-3H3/t13-,16+/m1/s1. The molecule has 0 radical (unpaired) electrons. The van der Waals surface area contributed by atoms with Gasteiger partial charge in [-0.05, 0) is 31.4 Å². The minimum Gasteiger partial charge on any atom is -0.343 e. The summed E-state index contributed by atoms with van der Waals surface area (Å²) < 4.78 is 26.3. The molecule has 1 aromatic rings. The number of rotatable bonds is 5. The van der Waals surface area contributed by atoms with Gasteiger partial charge in [-0.2, -0.15) is 9.57 Å². The summed E-state index contributed by atoms with van der Waals surface area (Å²) in [5.41, 5.74) is 1.94. The number of benzene rings is 1. The summed E-state index contributed by atoms with van der Waals surface area (Å²) in [6.45, 7) is 3.82. The van der Waals surface area contributed by atoms with E-state index in [1.54, 1.807) is 20.9 Å². The Morgan fingerprint density at radius 2 is 2.04 bits per heavy atom. The molecule has 2 rings (SSSR count). The molecule has 0 unspecified atom stereocenters. The first-order valence-electron chi connectivity index (χ1n) is 8.01. The number of sulfonamides is 1. The van der Waals surface area contributed by atoms with E-state index in [9.17, 15) is 13.2 Å². The first-order chi connectivity index (χ1) is 11.3. The Labute approximate surface area is 143 Å². The average molecular weight is 349 g/mol. The van der Waals surface area contributed by atoms with Gasteiger partial charge in [0.25, 0.3) is 0 Å². The van der Waals surface area contributed by atoms with Gasteiger partial charge >= 0.3 is 0 Å². The van der Waals surface area contributed by atoms with E-state index in [4.69, 9.17) is 5.26 Å². The van der Waals surface area contributed by atoms with Gasteiger partial charge < -0.3 is 4.90 Å². The van der Waals surface area contributed by atoms with Crippen LogP contribution < -0.4 is 0 Å². The van der Waals surface area contributed by atoms with E-state index in [1.165, 1.54) is 9.21 Å². The van der Waals surface area contributed by atoms with Crippen LogP contribution in [0, 0.1) is 17.2 Å². The van der Waals surface area contributed by atoms with Crippen molar-refractivity contribution >= 4 is 15.9 Å². The van der Waals surface area contributed by atoms with E-state index in [2.05, 4.69) is 6.07 Å². The maximum absolute atomic E-state index is 12.8. The zero-order valence-electron chi connectivity index (χ0n) is 14.3. The van der Waals surface area contributed by atoms with Gasteiger partial charge in [0.2, 0.25) is 15.9 Å². The molecule has 0 aromatic heterocycles. The molecule has 0 fully saturated rings. The number of nitrogens with zero attached hydrogens (tertiary/aromatic N) is 3. The van der Waals surface area contributed by atoms with Crippen LogP contribution in [0.5, 0.6) is 0 Å². The molecule has 2 atom stereocenters. The molecular formula is C17H23N3O3S. The largest absolute Gasteiger partial charge is 0.343 e. The van der Waals surface area contributed by atoms with Crippen LogP contribution in [0.1, 0.15) is 25.0 Å². The highest BCUT2D eigenvalue weighted by molar-refractivity contribution is 7.89. The summed E-state index contributed by atoms with van der Waals surface area (Å²) in [5, 5.41) is 8.93. The highest BCUT2D eigenvalue weighted by atomic mass is 32.2. The average Bonchev–Trinajstić information content (AvgIpc) is 2.59. The second-order valence-electron chi connectivity index (χ2n) is 6.18. The topological polar surface area (TPSA) is 81.5 Å². The number of nitriles is 1. The molecule has 0 spiro atoms. The first kappa shape index (κ1) is 18.4. The Kier molecular flexibility index (Phi) is 5.62. The molecule has 1 aliphatic rings. The number of carbonyl (C=O) groups is 1. The Balaban J connectivity index is 2.34. The lowest BCUT2D eigenvalue weighted by molar-refractivity contribution is -0.134. The predicted octanol–water partition coefficient (Wildman–Crippen LogP) is 1.38. The van der Waals surface area contributed by atoms with Gasteiger partial charge in [-0.15, -0.1) is 0 Å². The molecule has 0 bridgehead atoms. The van der Waals surface area contributed by atoms with Gasteiger partial charge in [-0.1, -0.05) is 24.3 Å². The van der Waals surface area contributed by atoms with E-state index >= 15 is 0 Å². The molecule has 0 aliphatic carbocycles. The number of fused-ring (bicyclic) bond motifs is 1. The Bertz CT molecular complexity index is 755. The quantitative estimate of drug-likeness (QED) is 0.804. The van der Waals surface area contributed by atoms with Gasteiger partial charge in [-0.3, -0.25) is 4.79 Å². The van der Waals surface area contributed by atoms with Crippen LogP contribution in [0.15, 0.2) is 24.3 Å². The first-order valence-corrected chi connectivity index (χ1v) is 9.62. The maximum atomic E-state index is 12.8. The number of hydrogen-bond donors (Lipinski definition) is 0. The molecule has 0 saturated carbocycles. The van der Waals surface area contributed by atoms with Crippen LogP contribution in [-0.4, -0.2) is 48.9 Å². The highest BCUT2D eigenvalue weighted by Crippen LogP contribution is 2.27. The third-order valence-corrected chi connectivity index (χ3v) is 6.18. The molecule has 6 nitrogen and oxygen atoms in total. The van der Waals surface area contributed by atoms with Crippen molar-refractivity contribution in [2.45, 2.75) is 32.9 Å². The molecule has 130 valence electrons. The molecular weight excluding hydrogens is 326 g/mol. The zero-order valence-corrected chi connectivity index (χ0v) is 15.1. The summed E-state index contributed by atoms with van der Waals surface area (Å²) in [6, 6.07) is 8.95. The molecule has 0 saturated heterocycles. The van der Waals surface area contributed by atoms with Crippen LogP contribution in [0.4, 0.5) is 0 Å². The molecule has 24 heavy (non-hydrogen) atoms. The summed E-state index contributed by atoms with van der Waals surface area (Å²) in [6.07, 6.45) is 0.361. The van der Waals surface area contributed by atoms with Crippen LogP contribution in [-0.2, 0) is 27.8 Å². The predicted molar refractivity (Wildman–Crippen MR) is 91.4 cm³/mol. The molecule has 1 heterocycles. The summed E-state index contributed by atoms with van der Waals surface area (Å²) in [7, 11) is -1.89. The summed E-state index contributed by atoms with van der Waals surface area (Å²) in [5.74, 6) is -0.605. The Morgan fingerprint density at radius 3 is 2.62 bits per heavy atom. The highest BCUT2D eigenvalue weighted by Gasteiger charge is 2.39. The summed E-state index contributed by atoms with van der Waals surface area (Å²) in [4.78, 5) is 14.3. The van der Waals surface area contributed by atoms with Crippen LogP contribution in [0.25, 0.3) is 0 Å². The third kappa shape index (κ3) is 3.77. The van der Waals surface area contributed by atoms with Gasteiger partial charge in [-0.25, -0.2) is 8.42 Å². The minimum atomic E-state index is -3.50. The van der Waals surface area contributed by atoms with E-state index in [1.807, 2.05) is 24.3 Å². The minimum absolute atomic E-state index is 0.0444. The maximum Gasteiger partial charge on any atom is 0.241 e. The molecule has 1 aromatic carbocycles. The zero-order chi connectivity index (χ0) is 17.9. The van der Waals surface area contributed by atoms with Crippen molar-refractivity contribution in [2.75, 3.05) is 19.3 Å². The lowest BCUT2D eigenvalue weighted by Crippen LogP contribution is -2.53. The van der Waals surface area contributed by atoms with Crippen molar-refractivity contribution in [3.05, 3.63) is 35.4 Å². The fourth-order valence-electron chi connectivity index (χ4n) is 2.96. The number of carbonyl (C=O) groups excluding carboxylic acids is 1. The monoisotopic (exact) mass is 349 g/mol. The van der Waals surface area contributed by atoms with Crippen molar-refractivity contribution in [2.24, 2.45) is 5.92 Å². The second kappa shape index (κ2) is 7.32. The van der Waals surface area contributed by atoms with Crippen LogP contribution in [0.2, 0.25) is 0 Å². The van der Waals surface area contributed by atoms with Crippen molar-refractivity contribution in [3.63, 3.8) is 0 Å². The number of hydrogen-bond acceptors (Lipinski definition) is 4. The van der Waals surface area contributed by atoms with Gasteiger partial charge in [0, 0.05) is 20.1 Å². The van der Waals surface area contributed by atoms with E-state index < -0.39 is 16.1 Å². The molecule has 1 amide bonds. The molecule has 1 aliphatic heterocycles. The van der Waals surface area contributed by atoms with Gasteiger partial charge in [0.05, 0.1) is 17.7 Å². The normalized spacial score (nSPS) is 19.2. The van der Waals surface area contributed by atoms with Gasteiger partial charge in [0.1, 0.15) is 6.04 Å². The summed E-state index contributed by atoms with van der Waals surface area (Å²) >= 11 is 0. The van der Waals surface area contributed by atoms with Gasteiger partial charge in [0.15, 0.2) is 0 Å². The van der Waals surface area contributed by atoms with E-state index in [-0.39, 0.29) is 30.7 Å². The van der Waals surface area contributed by atoms with E-state index in [0.717, 1.165) is 11.1 Å².